The smallest absolute Gasteiger partial charge is 0.241 e. The van der Waals surface area contributed by atoms with E-state index < -0.39 is 16.1 Å². The number of nitrogens with zero attached hydrogens (tertiary/aromatic N) is 1. The van der Waals surface area contributed by atoms with Crippen molar-refractivity contribution in [1.29, 1.82) is 0 Å². The van der Waals surface area contributed by atoms with Crippen molar-refractivity contribution in [2.45, 2.75) is 30.2 Å². The number of fused-ring (bicyclic) bond motifs is 1. The van der Waals surface area contributed by atoms with Gasteiger partial charge in [0.2, 0.25) is 15.8 Å². The van der Waals surface area contributed by atoms with Crippen LogP contribution in [0.5, 0.6) is 5.75 Å². The predicted molar refractivity (Wildman–Crippen MR) is 114 cm³/mol. The average Bonchev–Trinajstić information content (AvgIpc) is 3.26. The van der Waals surface area contributed by atoms with Gasteiger partial charge in [0.05, 0.1) is 18.0 Å². The van der Waals surface area contributed by atoms with E-state index in [1.54, 1.807) is 30.7 Å². The van der Waals surface area contributed by atoms with Crippen LogP contribution >= 0.6 is 11.3 Å². The molecule has 0 radical (unpaired) electrons. The lowest BCUT2D eigenvalue weighted by Crippen LogP contribution is -2.40. The Labute approximate surface area is 174 Å². The molecule has 3 rings (SSSR count). The van der Waals surface area contributed by atoms with E-state index in [1.165, 1.54) is 23.6 Å². The van der Waals surface area contributed by atoms with Gasteiger partial charge >= 0.3 is 0 Å². The van der Waals surface area contributed by atoms with Crippen LogP contribution in [-0.2, 0) is 10.0 Å². The predicted octanol–water partition coefficient (Wildman–Crippen LogP) is 2.96. The lowest BCUT2D eigenvalue weighted by molar-refractivity contribution is 0.0947. The molecule has 1 heterocycles. The molecule has 0 bridgehead atoms. The van der Waals surface area contributed by atoms with Crippen LogP contribution in [0, 0.1) is 0 Å². The first kappa shape index (κ1) is 21.4. The third-order valence-corrected chi connectivity index (χ3v) is 6.79. The van der Waals surface area contributed by atoms with E-state index in [4.69, 9.17) is 10.5 Å². The Balaban J connectivity index is 1.88. The minimum atomic E-state index is -3.91. The van der Waals surface area contributed by atoms with Crippen LogP contribution in [0.25, 0.3) is 10.8 Å². The SMILES string of the molecule is COc1ccc2ccc(S(=O)(=O)N[C@@H](CCCCN)C(=O)c3nccs3)cc2c1. The zero-order valence-electron chi connectivity index (χ0n) is 16.0. The largest absolute Gasteiger partial charge is 0.497 e. The Hall–Kier alpha value is -2.33. The van der Waals surface area contributed by atoms with Crippen molar-refractivity contribution in [3.63, 3.8) is 0 Å². The number of carbonyl (C=O) groups is 1. The van der Waals surface area contributed by atoms with Gasteiger partial charge in [-0.1, -0.05) is 18.6 Å². The Bertz CT molecular complexity index is 1080. The first-order chi connectivity index (χ1) is 13.9. The highest BCUT2D eigenvalue weighted by molar-refractivity contribution is 7.89. The van der Waals surface area contributed by atoms with Gasteiger partial charge < -0.3 is 10.5 Å². The van der Waals surface area contributed by atoms with E-state index >= 15 is 0 Å². The summed E-state index contributed by atoms with van der Waals surface area (Å²) in [4.78, 5) is 16.9. The van der Waals surface area contributed by atoms with Gasteiger partial charge in [0.25, 0.3) is 0 Å². The highest BCUT2D eigenvalue weighted by atomic mass is 32.2. The molecule has 1 aromatic heterocycles. The highest BCUT2D eigenvalue weighted by Crippen LogP contribution is 2.24. The number of ether oxygens (including phenoxy) is 1. The number of hydrogen-bond acceptors (Lipinski definition) is 7. The summed E-state index contributed by atoms with van der Waals surface area (Å²) in [6.45, 7) is 0.484. The number of nitrogens with one attached hydrogen (secondary N) is 1. The second-order valence-electron chi connectivity index (χ2n) is 6.53. The van der Waals surface area contributed by atoms with Crippen molar-refractivity contribution < 1.29 is 17.9 Å². The second-order valence-corrected chi connectivity index (χ2v) is 9.14. The molecule has 9 heteroatoms. The Morgan fingerprint density at radius 2 is 2.00 bits per heavy atom. The summed E-state index contributed by atoms with van der Waals surface area (Å²) in [7, 11) is -2.35. The van der Waals surface area contributed by atoms with E-state index in [0.717, 1.165) is 10.8 Å². The van der Waals surface area contributed by atoms with Gasteiger partial charge in [-0.3, -0.25) is 4.79 Å². The molecule has 0 aliphatic carbocycles. The molecule has 29 heavy (non-hydrogen) atoms. The van der Waals surface area contributed by atoms with Gasteiger partial charge in [0, 0.05) is 11.6 Å². The number of rotatable bonds is 10. The van der Waals surface area contributed by atoms with Crippen molar-refractivity contribution in [3.8, 4) is 5.75 Å². The zero-order valence-corrected chi connectivity index (χ0v) is 17.6. The fourth-order valence-electron chi connectivity index (χ4n) is 2.98. The van der Waals surface area contributed by atoms with Crippen LogP contribution in [0.3, 0.4) is 0 Å². The van der Waals surface area contributed by atoms with Gasteiger partial charge in [-0.2, -0.15) is 0 Å². The van der Waals surface area contributed by atoms with Crippen LogP contribution in [0.1, 0.15) is 29.1 Å². The summed E-state index contributed by atoms with van der Waals surface area (Å²) in [5.74, 6) is 0.307. The van der Waals surface area contributed by atoms with Crippen molar-refractivity contribution in [3.05, 3.63) is 53.0 Å². The average molecular weight is 434 g/mol. The zero-order chi connectivity index (χ0) is 20.9. The molecule has 3 N–H and O–H groups in total. The standard InChI is InChI=1S/C20H23N3O4S2/c1-27-16-7-5-14-6-8-17(13-15(14)12-16)29(25,26)23-18(4-2-3-9-21)19(24)20-22-10-11-28-20/h5-8,10-13,18,23H,2-4,9,21H2,1H3/t18-/m0/s1. The van der Waals surface area contributed by atoms with E-state index in [0.29, 0.717) is 31.6 Å². The van der Waals surface area contributed by atoms with Crippen LogP contribution in [0.15, 0.2) is 52.9 Å². The summed E-state index contributed by atoms with van der Waals surface area (Å²) in [5.41, 5.74) is 5.54. The summed E-state index contributed by atoms with van der Waals surface area (Å²) in [5, 5.41) is 3.60. The summed E-state index contributed by atoms with van der Waals surface area (Å²) in [6.07, 6.45) is 3.23. The van der Waals surface area contributed by atoms with E-state index in [1.807, 2.05) is 12.1 Å². The molecular formula is C20H23N3O4S2. The number of sulfonamides is 1. The maximum atomic E-state index is 13.0. The van der Waals surface area contributed by atoms with Crippen LogP contribution in [-0.4, -0.2) is 38.9 Å². The number of nitrogens with two attached hydrogens (primary N) is 1. The lowest BCUT2D eigenvalue weighted by atomic mass is 10.1. The fraction of sp³-hybridized carbons (Fsp3) is 0.300. The number of Topliss-reactive ketones (excluding diaryl/α,β-unsaturated/α-hetero) is 1. The third kappa shape index (κ3) is 5.18. The highest BCUT2D eigenvalue weighted by Gasteiger charge is 2.27. The van der Waals surface area contributed by atoms with Crippen molar-refractivity contribution in [2.24, 2.45) is 5.73 Å². The third-order valence-electron chi connectivity index (χ3n) is 4.53. The summed E-state index contributed by atoms with van der Waals surface area (Å²) in [6, 6.07) is 9.39. The second kappa shape index (κ2) is 9.45. The van der Waals surface area contributed by atoms with E-state index in [9.17, 15) is 13.2 Å². The van der Waals surface area contributed by atoms with E-state index in [2.05, 4.69) is 9.71 Å². The molecule has 2 aromatic carbocycles. The molecule has 0 unspecified atom stereocenters. The molecule has 0 spiro atoms. The van der Waals surface area contributed by atoms with Gasteiger partial charge in [-0.25, -0.2) is 18.1 Å². The molecule has 154 valence electrons. The minimum absolute atomic E-state index is 0.0917. The monoisotopic (exact) mass is 433 g/mol. The van der Waals surface area contributed by atoms with Crippen LogP contribution < -0.4 is 15.2 Å². The maximum absolute atomic E-state index is 13.0. The quantitative estimate of drug-likeness (QED) is 0.376. The normalized spacial score (nSPS) is 12.8. The summed E-state index contributed by atoms with van der Waals surface area (Å²) < 4.78 is 33.8. The minimum Gasteiger partial charge on any atom is -0.497 e. The van der Waals surface area contributed by atoms with Crippen LogP contribution in [0.2, 0.25) is 0 Å². The first-order valence-corrected chi connectivity index (χ1v) is 11.5. The Kier molecular flexibility index (Phi) is 6.96. The van der Waals surface area contributed by atoms with Crippen molar-refractivity contribution in [2.75, 3.05) is 13.7 Å². The van der Waals surface area contributed by atoms with Crippen molar-refractivity contribution in [1.82, 2.24) is 9.71 Å². The Morgan fingerprint density at radius 3 is 2.69 bits per heavy atom. The molecule has 0 aliphatic heterocycles. The summed E-state index contributed by atoms with van der Waals surface area (Å²) >= 11 is 1.19. The van der Waals surface area contributed by atoms with Gasteiger partial charge in [-0.15, -0.1) is 11.3 Å². The number of benzene rings is 2. The molecule has 0 fully saturated rings. The molecule has 0 saturated carbocycles. The van der Waals surface area contributed by atoms with E-state index in [-0.39, 0.29) is 15.7 Å². The van der Waals surface area contributed by atoms with Gasteiger partial charge in [0.1, 0.15) is 5.75 Å². The number of hydrogen-bond donors (Lipinski definition) is 2. The van der Waals surface area contributed by atoms with Gasteiger partial charge in [0.15, 0.2) is 5.01 Å². The first-order valence-electron chi connectivity index (χ1n) is 9.18. The molecule has 0 aliphatic rings. The Morgan fingerprint density at radius 1 is 1.21 bits per heavy atom. The number of aromatic nitrogens is 1. The number of thiazole rings is 1. The molecule has 3 aromatic rings. The molecular weight excluding hydrogens is 410 g/mol. The number of unbranched alkanes of at least 4 members (excludes halogenated alkanes) is 1. The molecule has 1 atom stereocenters. The molecule has 0 amide bonds. The molecule has 0 saturated heterocycles. The topological polar surface area (TPSA) is 111 Å². The van der Waals surface area contributed by atoms with Gasteiger partial charge in [-0.05, 0) is 54.4 Å². The molecule has 7 nitrogen and oxygen atoms in total. The van der Waals surface area contributed by atoms with Crippen molar-refractivity contribution >= 4 is 37.9 Å². The number of carbonyl (C=O) groups excluding carboxylic acids is 1. The number of methoxy groups -OCH3 is 1. The van der Waals surface area contributed by atoms with Crippen LogP contribution in [0.4, 0.5) is 0 Å². The number of ketones is 1. The maximum Gasteiger partial charge on any atom is 0.241 e. The fourth-order valence-corrected chi connectivity index (χ4v) is 4.88. The lowest BCUT2D eigenvalue weighted by Gasteiger charge is -2.17.